The van der Waals surface area contributed by atoms with Gasteiger partial charge in [-0.3, -0.25) is 4.79 Å². The van der Waals surface area contributed by atoms with Crippen molar-refractivity contribution in [1.82, 2.24) is 4.98 Å². The average molecular weight is 399 g/mol. The Morgan fingerprint density at radius 3 is 2.50 bits per heavy atom. The molecular weight excluding hydrogens is 385 g/mol. The molecule has 2 aromatic rings. The molecule has 0 radical (unpaired) electrons. The topological polar surface area (TPSA) is 33.2 Å². The second-order valence-electron chi connectivity index (χ2n) is 5.64. The van der Waals surface area contributed by atoms with Gasteiger partial charge in [0.15, 0.2) is 0 Å². The summed E-state index contributed by atoms with van der Waals surface area (Å²) in [5, 5.41) is 0. The first-order valence-corrected chi connectivity index (χ1v) is 8.22. The first-order chi connectivity index (χ1) is 11.3. The number of amides is 1. The van der Waals surface area contributed by atoms with Gasteiger partial charge in [0.2, 0.25) is 5.91 Å². The predicted octanol–water partition coefficient (Wildman–Crippen LogP) is 4.90. The fourth-order valence-electron chi connectivity index (χ4n) is 2.89. The van der Waals surface area contributed by atoms with Gasteiger partial charge < -0.3 is 4.90 Å². The van der Waals surface area contributed by atoms with Crippen molar-refractivity contribution in [3.8, 4) is 0 Å². The molecule has 0 unspecified atom stereocenters. The fourth-order valence-corrected chi connectivity index (χ4v) is 3.45. The van der Waals surface area contributed by atoms with Gasteiger partial charge in [0.05, 0.1) is 23.0 Å². The number of fused-ring (bicyclic) bond motifs is 1. The maximum absolute atomic E-state index is 13.2. The Labute approximate surface area is 145 Å². The SMILES string of the molecule is C[C@@H](c1ccccc1)N1C(=O)CCc2nc(Br)c(C(F)(F)F)cc21. The third kappa shape index (κ3) is 3.05. The lowest BCUT2D eigenvalue weighted by Crippen LogP contribution is -2.38. The summed E-state index contributed by atoms with van der Waals surface area (Å²) in [5.41, 5.74) is 0.715. The minimum Gasteiger partial charge on any atom is -0.303 e. The highest BCUT2D eigenvalue weighted by molar-refractivity contribution is 9.10. The number of anilines is 1. The van der Waals surface area contributed by atoms with Gasteiger partial charge in [-0.2, -0.15) is 13.2 Å². The summed E-state index contributed by atoms with van der Waals surface area (Å²) in [6.45, 7) is 1.80. The van der Waals surface area contributed by atoms with Crippen LogP contribution in [0.2, 0.25) is 0 Å². The Hall–Kier alpha value is -1.89. The number of aryl methyl sites for hydroxylation is 1. The van der Waals surface area contributed by atoms with Crippen LogP contribution < -0.4 is 4.90 Å². The molecule has 0 saturated carbocycles. The number of carbonyl (C=O) groups is 1. The summed E-state index contributed by atoms with van der Waals surface area (Å²) in [5.74, 6) is -0.198. The lowest BCUT2D eigenvalue weighted by Gasteiger charge is -2.34. The van der Waals surface area contributed by atoms with Crippen molar-refractivity contribution in [3.05, 3.63) is 57.8 Å². The summed E-state index contributed by atoms with van der Waals surface area (Å²) >= 11 is 2.89. The van der Waals surface area contributed by atoms with E-state index in [1.807, 2.05) is 30.3 Å². The first-order valence-electron chi connectivity index (χ1n) is 7.42. The van der Waals surface area contributed by atoms with Gasteiger partial charge in [-0.25, -0.2) is 4.98 Å². The minimum atomic E-state index is -4.54. The molecule has 126 valence electrons. The summed E-state index contributed by atoms with van der Waals surface area (Å²) in [4.78, 5) is 17.9. The van der Waals surface area contributed by atoms with Crippen LogP contribution in [0.15, 0.2) is 41.0 Å². The van der Waals surface area contributed by atoms with E-state index < -0.39 is 11.7 Å². The number of carbonyl (C=O) groups excluding carboxylic acids is 1. The van der Waals surface area contributed by atoms with E-state index in [0.717, 1.165) is 11.6 Å². The Balaban J connectivity index is 2.11. The number of benzene rings is 1. The molecule has 1 amide bonds. The monoisotopic (exact) mass is 398 g/mol. The van der Waals surface area contributed by atoms with E-state index in [4.69, 9.17) is 0 Å². The van der Waals surface area contributed by atoms with Crippen LogP contribution in [0.4, 0.5) is 18.9 Å². The van der Waals surface area contributed by atoms with Crippen LogP contribution in [-0.4, -0.2) is 10.9 Å². The molecular formula is C17H14BrF3N2O. The van der Waals surface area contributed by atoms with Crippen LogP contribution in [0, 0.1) is 0 Å². The first kappa shape index (κ1) is 17.0. The van der Waals surface area contributed by atoms with Crippen molar-refractivity contribution in [2.45, 2.75) is 32.0 Å². The standard InChI is InChI=1S/C17H14BrF3N2O/c1-10(11-5-3-2-4-6-11)23-14-9-12(17(19,20)21)16(18)22-13(14)7-8-15(23)24/h2-6,9-10H,7-8H2,1H3/t10-/m0/s1. The normalized spacial score (nSPS) is 16.0. The number of halogens is 4. The molecule has 0 fully saturated rings. The highest BCUT2D eigenvalue weighted by Crippen LogP contribution is 2.41. The maximum atomic E-state index is 13.2. The minimum absolute atomic E-state index is 0.198. The molecule has 0 N–H and O–H groups in total. The van der Waals surface area contributed by atoms with E-state index >= 15 is 0 Å². The van der Waals surface area contributed by atoms with Gasteiger partial charge in [-0.05, 0) is 34.5 Å². The van der Waals surface area contributed by atoms with Crippen molar-refractivity contribution in [3.63, 3.8) is 0 Å². The molecule has 1 atom stereocenters. The number of rotatable bonds is 2. The summed E-state index contributed by atoms with van der Waals surface area (Å²) in [6.07, 6.45) is -3.97. The summed E-state index contributed by atoms with van der Waals surface area (Å²) in [7, 11) is 0. The van der Waals surface area contributed by atoms with Gasteiger partial charge in [-0.15, -0.1) is 0 Å². The van der Waals surface area contributed by atoms with E-state index in [1.54, 1.807) is 6.92 Å². The average Bonchev–Trinajstić information content (AvgIpc) is 2.54. The number of hydrogen-bond acceptors (Lipinski definition) is 2. The van der Waals surface area contributed by atoms with Crippen molar-refractivity contribution in [2.24, 2.45) is 0 Å². The largest absolute Gasteiger partial charge is 0.419 e. The molecule has 0 spiro atoms. The molecule has 3 nitrogen and oxygen atoms in total. The maximum Gasteiger partial charge on any atom is 0.419 e. The predicted molar refractivity (Wildman–Crippen MR) is 87.6 cm³/mol. The van der Waals surface area contributed by atoms with E-state index in [-0.39, 0.29) is 28.7 Å². The highest BCUT2D eigenvalue weighted by atomic mass is 79.9. The lowest BCUT2D eigenvalue weighted by atomic mass is 9.99. The smallest absolute Gasteiger partial charge is 0.303 e. The second kappa shape index (κ2) is 6.20. The molecule has 0 aliphatic carbocycles. The number of aromatic nitrogens is 1. The molecule has 24 heavy (non-hydrogen) atoms. The Morgan fingerprint density at radius 2 is 1.88 bits per heavy atom. The van der Waals surface area contributed by atoms with Crippen molar-refractivity contribution in [1.29, 1.82) is 0 Å². The van der Waals surface area contributed by atoms with Crippen LogP contribution in [0.25, 0.3) is 0 Å². The molecule has 3 rings (SSSR count). The molecule has 1 aromatic heterocycles. The third-order valence-corrected chi connectivity index (χ3v) is 4.72. The molecule has 0 bridgehead atoms. The van der Waals surface area contributed by atoms with Crippen LogP contribution in [0.5, 0.6) is 0 Å². The zero-order chi connectivity index (χ0) is 17.5. The van der Waals surface area contributed by atoms with Gasteiger partial charge in [-0.1, -0.05) is 30.3 Å². The van der Waals surface area contributed by atoms with Crippen LogP contribution in [0.3, 0.4) is 0 Å². The second-order valence-corrected chi connectivity index (χ2v) is 6.39. The molecule has 1 aliphatic rings. The van der Waals surface area contributed by atoms with Crippen LogP contribution >= 0.6 is 15.9 Å². The van der Waals surface area contributed by atoms with Crippen molar-refractivity contribution in [2.75, 3.05) is 4.90 Å². The number of pyridine rings is 1. The van der Waals surface area contributed by atoms with E-state index in [1.165, 1.54) is 4.90 Å². The molecule has 7 heteroatoms. The lowest BCUT2D eigenvalue weighted by molar-refractivity contribution is -0.138. The van der Waals surface area contributed by atoms with Crippen LogP contribution in [-0.2, 0) is 17.4 Å². The molecule has 0 saturated heterocycles. The fraction of sp³-hybridized carbons (Fsp3) is 0.294. The van der Waals surface area contributed by atoms with Gasteiger partial charge >= 0.3 is 6.18 Å². The molecule has 1 aliphatic heterocycles. The highest BCUT2D eigenvalue weighted by Gasteiger charge is 2.38. The zero-order valence-electron chi connectivity index (χ0n) is 12.8. The Morgan fingerprint density at radius 1 is 1.21 bits per heavy atom. The molecule has 1 aromatic carbocycles. The van der Waals surface area contributed by atoms with E-state index in [2.05, 4.69) is 20.9 Å². The number of alkyl halides is 3. The van der Waals surface area contributed by atoms with E-state index in [9.17, 15) is 18.0 Å². The quantitative estimate of drug-likeness (QED) is 0.673. The van der Waals surface area contributed by atoms with Gasteiger partial charge in [0, 0.05) is 12.8 Å². The van der Waals surface area contributed by atoms with Crippen molar-refractivity contribution < 1.29 is 18.0 Å². The van der Waals surface area contributed by atoms with Crippen LogP contribution in [0.1, 0.15) is 36.2 Å². The summed E-state index contributed by atoms with van der Waals surface area (Å²) in [6, 6.07) is 9.86. The summed E-state index contributed by atoms with van der Waals surface area (Å²) < 4.78 is 39.3. The molecule has 2 heterocycles. The number of hydrogen-bond donors (Lipinski definition) is 0. The third-order valence-electron chi connectivity index (χ3n) is 4.11. The van der Waals surface area contributed by atoms with Gasteiger partial charge in [0.1, 0.15) is 4.60 Å². The van der Waals surface area contributed by atoms with Gasteiger partial charge in [0.25, 0.3) is 0 Å². The Bertz CT molecular complexity index is 777. The number of nitrogens with zero attached hydrogens (tertiary/aromatic N) is 2. The zero-order valence-corrected chi connectivity index (χ0v) is 14.4. The van der Waals surface area contributed by atoms with Crippen molar-refractivity contribution >= 4 is 27.5 Å². The van der Waals surface area contributed by atoms with E-state index in [0.29, 0.717) is 12.1 Å². The Kier molecular flexibility index (Phi) is 4.38.